The quantitative estimate of drug-likeness (QED) is 0.554. The van der Waals surface area contributed by atoms with E-state index in [4.69, 9.17) is 23.2 Å². The predicted octanol–water partition coefficient (Wildman–Crippen LogP) is 4.52. The van der Waals surface area contributed by atoms with Crippen LogP contribution in [-0.4, -0.2) is 16.3 Å². The topological polar surface area (TPSA) is 36.1 Å². The van der Waals surface area contributed by atoms with Gasteiger partial charge in [-0.3, -0.25) is 4.79 Å². The van der Waals surface area contributed by atoms with Crippen LogP contribution in [0.2, 0.25) is 5.02 Å². The number of hydrogen-bond acceptors (Lipinski definition) is 2. The number of nitrogens with zero attached hydrogens (tertiary/aromatic N) is 1. The fourth-order valence-electron chi connectivity index (χ4n) is 2.99. The molecule has 0 radical (unpaired) electrons. The van der Waals surface area contributed by atoms with Crippen LogP contribution in [0.1, 0.15) is 11.6 Å². The highest BCUT2D eigenvalue weighted by Crippen LogP contribution is 2.43. The first-order valence-electron chi connectivity index (χ1n) is 6.94. The Morgan fingerprint density at radius 2 is 1.91 bits per heavy atom. The number of carbonyl (C=O) groups excluding carboxylic acids is 1. The van der Waals surface area contributed by atoms with Crippen LogP contribution in [0, 0.1) is 0 Å². The van der Waals surface area contributed by atoms with Crippen LogP contribution in [-0.2, 0) is 4.79 Å². The van der Waals surface area contributed by atoms with E-state index >= 15 is 0 Å². The number of fused-ring (bicyclic) bond motifs is 1. The lowest BCUT2D eigenvalue weighted by Crippen LogP contribution is -2.56. The van der Waals surface area contributed by atoms with Gasteiger partial charge in [-0.2, -0.15) is 0 Å². The zero-order chi connectivity index (χ0) is 15.3. The normalized spacial score (nSPS) is 21.2. The minimum atomic E-state index is -0.655. The first-order chi connectivity index (χ1) is 10.7. The summed E-state index contributed by atoms with van der Waals surface area (Å²) in [6.07, 6.45) is 1.88. The van der Waals surface area contributed by atoms with Crippen LogP contribution in [0.3, 0.4) is 0 Å². The largest absolute Gasteiger partial charge is 0.361 e. The lowest BCUT2D eigenvalue weighted by molar-refractivity contribution is -0.124. The van der Waals surface area contributed by atoms with Crippen molar-refractivity contribution in [1.29, 1.82) is 0 Å². The van der Waals surface area contributed by atoms with Crippen molar-refractivity contribution in [1.82, 2.24) is 4.98 Å². The molecular formula is C17H12Cl2N2O. The van der Waals surface area contributed by atoms with Gasteiger partial charge >= 0.3 is 0 Å². The van der Waals surface area contributed by atoms with Crippen molar-refractivity contribution in [3.05, 3.63) is 65.3 Å². The predicted molar refractivity (Wildman–Crippen MR) is 89.6 cm³/mol. The van der Waals surface area contributed by atoms with E-state index in [2.05, 4.69) is 4.98 Å². The lowest BCUT2D eigenvalue weighted by Gasteiger charge is -2.45. The van der Waals surface area contributed by atoms with Crippen LogP contribution in [0.5, 0.6) is 0 Å². The van der Waals surface area contributed by atoms with Crippen LogP contribution >= 0.6 is 23.2 Å². The number of carbonyl (C=O) groups is 1. The summed E-state index contributed by atoms with van der Waals surface area (Å²) in [6, 6.07) is 14.9. The van der Waals surface area contributed by atoms with Gasteiger partial charge in [0.05, 0.1) is 0 Å². The van der Waals surface area contributed by atoms with E-state index in [1.54, 1.807) is 6.07 Å². The molecule has 3 nitrogen and oxygen atoms in total. The Morgan fingerprint density at radius 1 is 1.09 bits per heavy atom. The molecule has 110 valence electrons. The zero-order valence-electron chi connectivity index (χ0n) is 11.5. The maximum absolute atomic E-state index is 12.4. The molecule has 1 saturated heterocycles. The van der Waals surface area contributed by atoms with Crippen molar-refractivity contribution in [2.45, 2.75) is 11.5 Å². The molecule has 1 N–H and O–H groups in total. The Morgan fingerprint density at radius 3 is 2.73 bits per heavy atom. The molecular weight excluding hydrogens is 319 g/mol. The summed E-state index contributed by atoms with van der Waals surface area (Å²) in [5.41, 5.74) is 2.14. The van der Waals surface area contributed by atoms with Crippen LogP contribution in [0.25, 0.3) is 10.9 Å². The smallest absolute Gasteiger partial charge is 0.197 e. The highest BCUT2D eigenvalue weighted by molar-refractivity contribution is 6.37. The van der Waals surface area contributed by atoms with Crippen LogP contribution in [0.15, 0.2) is 54.7 Å². The van der Waals surface area contributed by atoms with E-state index in [-0.39, 0.29) is 11.8 Å². The number of halogens is 2. The number of ketones is 1. The highest BCUT2D eigenvalue weighted by Gasteiger charge is 2.48. The number of hydrogen-bond donors (Lipinski definition) is 1. The fourth-order valence-corrected chi connectivity index (χ4v) is 3.52. The van der Waals surface area contributed by atoms with Crippen molar-refractivity contribution in [2.75, 3.05) is 4.90 Å². The average molecular weight is 331 g/mol. The maximum Gasteiger partial charge on any atom is 0.197 e. The Balaban J connectivity index is 1.81. The van der Waals surface area contributed by atoms with E-state index in [0.29, 0.717) is 5.02 Å². The number of rotatable bonds is 2. The van der Waals surface area contributed by atoms with Crippen LogP contribution in [0.4, 0.5) is 5.69 Å². The minimum absolute atomic E-state index is 0.00592. The Kier molecular flexibility index (Phi) is 3.13. The molecule has 1 aliphatic heterocycles. The second kappa shape index (κ2) is 5.04. The second-order valence-electron chi connectivity index (χ2n) is 5.32. The van der Waals surface area contributed by atoms with Crippen molar-refractivity contribution in [2.24, 2.45) is 0 Å². The Labute approximate surface area is 137 Å². The van der Waals surface area contributed by atoms with Gasteiger partial charge in [-0.05, 0) is 24.3 Å². The number of Topliss-reactive ketones (excluding diaryl/α,β-unsaturated/α-hetero) is 1. The summed E-state index contributed by atoms with van der Waals surface area (Å²) in [6.45, 7) is 0. The Bertz CT molecular complexity index is 874. The maximum atomic E-state index is 12.4. The van der Waals surface area contributed by atoms with Crippen molar-refractivity contribution in [3.63, 3.8) is 0 Å². The van der Waals surface area contributed by atoms with Gasteiger partial charge in [0.15, 0.2) is 11.3 Å². The molecule has 0 aliphatic carbocycles. The van der Waals surface area contributed by atoms with Gasteiger partial charge in [0, 0.05) is 33.4 Å². The summed E-state index contributed by atoms with van der Waals surface area (Å²) in [5, 5.41) is 1.66. The molecule has 5 heteroatoms. The zero-order valence-corrected chi connectivity index (χ0v) is 13.0. The molecule has 0 saturated carbocycles. The van der Waals surface area contributed by atoms with E-state index in [1.165, 1.54) is 0 Å². The first kappa shape index (κ1) is 13.7. The van der Waals surface area contributed by atoms with Gasteiger partial charge in [-0.1, -0.05) is 47.5 Å². The number of H-pyrrole nitrogens is 1. The third-order valence-corrected chi connectivity index (χ3v) is 4.71. The number of benzene rings is 2. The molecule has 1 aromatic heterocycles. The molecule has 22 heavy (non-hydrogen) atoms. The molecule has 1 aliphatic rings. The molecule has 4 rings (SSSR count). The van der Waals surface area contributed by atoms with Crippen LogP contribution < -0.4 is 4.90 Å². The summed E-state index contributed by atoms with van der Waals surface area (Å²) in [5.74, 6) is 0.00592. The number of nitrogens with one attached hydrogen (secondary N) is 1. The average Bonchev–Trinajstić information content (AvgIpc) is 2.95. The molecule has 3 aromatic rings. The minimum Gasteiger partial charge on any atom is -0.361 e. The Hall–Kier alpha value is -1.97. The van der Waals surface area contributed by atoms with Gasteiger partial charge in [0.2, 0.25) is 0 Å². The molecule has 2 atom stereocenters. The summed E-state index contributed by atoms with van der Waals surface area (Å²) in [4.78, 5) is 17.5. The van der Waals surface area contributed by atoms with E-state index in [0.717, 1.165) is 22.2 Å². The number of aromatic amines is 1. The molecule has 0 bridgehead atoms. The SMILES string of the molecule is O=C1[C@@H](Cl)N(c2cccc(Cl)c2)[C@@H]1c1c[nH]c2ccccc12. The number of para-hydroxylation sites is 1. The van der Waals surface area contributed by atoms with Gasteiger partial charge in [-0.25, -0.2) is 0 Å². The number of anilines is 1. The molecule has 0 spiro atoms. The molecule has 2 aromatic carbocycles. The lowest BCUT2D eigenvalue weighted by atomic mass is 9.92. The number of alkyl halides is 1. The van der Waals surface area contributed by atoms with Crippen molar-refractivity contribution < 1.29 is 4.79 Å². The second-order valence-corrected chi connectivity index (χ2v) is 6.17. The molecule has 0 amide bonds. The molecule has 1 fully saturated rings. The fraction of sp³-hybridized carbons (Fsp3) is 0.118. The van der Waals surface area contributed by atoms with Gasteiger partial charge in [0.25, 0.3) is 0 Å². The third kappa shape index (κ3) is 1.93. The van der Waals surface area contributed by atoms with E-state index < -0.39 is 5.50 Å². The van der Waals surface area contributed by atoms with Gasteiger partial charge in [-0.15, -0.1) is 0 Å². The molecule has 2 heterocycles. The first-order valence-corrected chi connectivity index (χ1v) is 7.76. The summed E-state index contributed by atoms with van der Waals surface area (Å²) < 4.78 is 0. The van der Waals surface area contributed by atoms with Gasteiger partial charge in [0.1, 0.15) is 6.04 Å². The van der Waals surface area contributed by atoms with Crippen molar-refractivity contribution in [3.8, 4) is 0 Å². The number of aromatic nitrogens is 1. The summed E-state index contributed by atoms with van der Waals surface area (Å²) >= 11 is 12.3. The summed E-state index contributed by atoms with van der Waals surface area (Å²) in [7, 11) is 0. The van der Waals surface area contributed by atoms with Gasteiger partial charge < -0.3 is 9.88 Å². The van der Waals surface area contributed by atoms with E-state index in [1.807, 2.05) is 53.6 Å². The van der Waals surface area contributed by atoms with E-state index in [9.17, 15) is 4.79 Å². The third-order valence-electron chi connectivity index (χ3n) is 4.05. The molecule has 0 unspecified atom stereocenters. The highest BCUT2D eigenvalue weighted by atomic mass is 35.5. The van der Waals surface area contributed by atoms with Crippen molar-refractivity contribution >= 4 is 45.6 Å². The standard InChI is InChI=1S/C17H12Cl2N2O/c18-10-4-3-5-11(8-10)21-15(16(22)17(21)19)13-9-20-14-7-2-1-6-12(13)14/h1-9,15,17,20H/t15-,17+/m1/s1. The monoisotopic (exact) mass is 330 g/mol.